The molecule has 0 aromatic heterocycles. The molecule has 0 heterocycles. The Morgan fingerprint density at radius 2 is 1.80 bits per heavy atom. The van der Waals surface area contributed by atoms with Crippen LogP contribution < -0.4 is 5.84 Å². The van der Waals surface area contributed by atoms with Crippen LogP contribution in [0.5, 0.6) is 0 Å². The van der Waals surface area contributed by atoms with E-state index in [1.165, 1.54) is 49.1 Å². The van der Waals surface area contributed by atoms with Gasteiger partial charge in [0.15, 0.2) is 0 Å². The van der Waals surface area contributed by atoms with Crippen molar-refractivity contribution in [1.82, 2.24) is 0 Å². The quantitative estimate of drug-likeness (QED) is 0.473. The van der Waals surface area contributed by atoms with Gasteiger partial charge >= 0.3 is 0 Å². The minimum Gasteiger partial charge on any atom is -0.498 e. The van der Waals surface area contributed by atoms with Gasteiger partial charge in [0.05, 0.1) is 12.4 Å². The van der Waals surface area contributed by atoms with Crippen LogP contribution >= 0.6 is 0 Å². The zero-order valence-electron chi connectivity index (χ0n) is 18.8. The van der Waals surface area contributed by atoms with E-state index >= 15 is 0 Å². The molecule has 0 bridgehead atoms. The van der Waals surface area contributed by atoms with E-state index in [0.29, 0.717) is 11.8 Å². The largest absolute Gasteiger partial charge is 0.498 e. The van der Waals surface area contributed by atoms with Crippen LogP contribution in [0.25, 0.3) is 5.57 Å². The number of hydrazone groups is 1. The molecule has 5 atom stereocenters. The second-order valence-electron chi connectivity index (χ2n) is 10.4. The third-order valence-electron chi connectivity index (χ3n) is 9.18. The lowest BCUT2D eigenvalue weighted by molar-refractivity contribution is 0.00148. The van der Waals surface area contributed by atoms with E-state index in [1.54, 1.807) is 11.1 Å². The maximum Gasteiger partial charge on any atom is 0.0962 e. The first-order valence-corrected chi connectivity index (χ1v) is 11.9. The van der Waals surface area contributed by atoms with Gasteiger partial charge in [-0.3, -0.25) is 0 Å². The number of nitrogens with two attached hydrogens (primary N) is 1. The fourth-order valence-corrected chi connectivity index (χ4v) is 7.65. The van der Waals surface area contributed by atoms with Crippen molar-refractivity contribution in [2.75, 3.05) is 6.61 Å². The van der Waals surface area contributed by atoms with Gasteiger partial charge in [-0.15, -0.1) is 0 Å². The highest BCUT2D eigenvalue weighted by Gasteiger charge is 2.58. The number of hydrogen-bond acceptors (Lipinski definition) is 3. The molecule has 1 aromatic rings. The van der Waals surface area contributed by atoms with Crippen LogP contribution in [0.1, 0.15) is 71.3 Å². The summed E-state index contributed by atoms with van der Waals surface area (Å²) >= 11 is 0. The minimum absolute atomic E-state index is 0.201. The number of fused-ring (bicyclic) bond motifs is 5. The molecule has 2 N–H and O–H groups in total. The van der Waals surface area contributed by atoms with Crippen molar-refractivity contribution in [3.05, 3.63) is 53.3 Å². The molecule has 0 unspecified atom stereocenters. The van der Waals surface area contributed by atoms with E-state index in [2.05, 4.69) is 62.3 Å². The summed E-state index contributed by atoms with van der Waals surface area (Å²) in [5.74, 6) is 9.19. The Morgan fingerprint density at radius 3 is 2.53 bits per heavy atom. The first kappa shape index (κ1) is 19.9. The third kappa shape index (κ3) is 2.81. The molecule has 30 heavy (non-hydrogen) atoms. The molecule has 3 nitrogen and oxygen atoms in total. The summed E-state index contributed by atoms with van der Waals surface area (Å²) in [6.07, 6.45) is 10.7. The monoisotopic (exact) mass is 404 g/mol. The number of hydrogen-bond donors (Lipinski definition) is 1. The van der Waals surface area contributed by atoms with Crippen molar-refractivity contribution in [2.45, 2.75) is 65.7 Å². The summed E-state index contributed by atoms with van der Waals surface area (Å²) in [4.78, 5) is 0. The zero-order chi connectivity index (χ0) is 20.9. The lowest BCUT2D eigenvalue weighted by atomic mass is 9.47. The number of rotatable bonds is 3. The summed E-state index contributed by atoms with van der Waals surface area (Å²) in [7, 11) is 0. The second kappa shape index (κ2) is 7.28. The second-order valence-corrected chi connectivity index (χ2v) is 10.4. The Kier molecular flexibility index (Phi) is 4.83. The molecule has 3 heteroatoms. The Morgan fingerprint density at radius 1 is 1.03 bits per heavy atom. The zero-order valence-corrected chi connectivity index (χ0v) is 18.8. The fraction of sp³-hybridized carbons (Fsp3) is 0.593. The van der Waals surface area contributed by atoms with Crippen LogP contribution in [0, 0.1) is 28.6 Å². The van der Waals surface area contributed by atoms with Crippen molar-refractivity contribution >= 4 is 11.3 Å². The van der Waals surface area contributed by atoms with E-state index in [9.17, 15) is 0 Å². The minimum atomic E-state index is 0.201. The highest BCUT2D eigenvalue weighted by Crippen LogP contribution is 2.66. The van der Waals surface area contributed by atoms with Gasteiger partial charge in [-0.05, 0) is 91.4 Å². The summed E-state index contributed by atoms with van der Waals surface area (Å²) in [5.41, 5.74) is 6.21. The van der Waals surface area contributed by atoms with Crippen LogP contribution in [0.15, 0.2) is 52.8 Å². The smallest absolute Gasteiger partial charge is 0.0962 e. The highest BCUT2D eigenvalue weighted by molar-refractivity contribution is 5.92. The topological polar surface area (TPSA) is 47.6 Å². The lowest BCUT2D eigenvalue weighted by Gasteiger charge is -2.57. The van der Waals surface area contributed by atoms with Gasteiger partial charge in [-0.25, -0.2) is 0 Å². The summed E-state index contributed by atoms with van der Waals surface area (Å²) in [5, 5.41) is 4.27. The average Bonchev–Trinajstić information content (AvgIpc) is 3.11. The average molecular weight is 405 g/mol. The van der Waals surface area contributed by atoms with Gasteiger partial charge < -0.3 is 10.6 Å². The van der Waals surface area contributed by atoms with Crippen molar-refractivity contribution in [3.8, 4) is 0 Å². The van der Waals surface area contributed by atoms with Gasteiger partial charge in [-0.2, -0.15) is 5.10 Å². The summed E-state index contributed by atoms with van der Waals surface area (Å²) < 4.78 is 6.01. The Bertz CT molecular complexity index is 914. The van der Waals surface area contributed by atoms with Crippen LogP contribution in [-0.2, 0) is 4.74 Å². The SMILES string of the molecule is CCOC1=CC2=C(c3ccccc3)C[C@@H]3[C@H](CC[C@]4(C)/C(=N\N)CC[C@@H]34)[C@@]2(C)CC1. The molecule has 4 aliphatic rings. The Hall–Kier alpha value is -2.03. The van der Waals surface area contributed by atoms with E-state index in [1.807, 2.05) is 0 Å². The molecular weight excluding hydrogens is 368 g/mol. The molecule has 160 valence electrons. The number of nitrogens with zero attached hydrogens (tertiary/aromatic N) is 1. The van der Waals surface area contributed by atoms with Gasteiger partial charge in [-0.1, -0.05) is 44.2 Å². The normalized spacial score (nSPS) is 39.2. The molecule has 4 aliphatic carbocycles. The molecule has 2 saturated carbocycles. The maximum absolute atomic E-state index is 6.01. The van der Waals surface area contributed by atoms with E-state index in [0.717, 1.165) is 25.4 Å². The van der Waals surface area contributed by atoms with Crippen LogP contribution in [-0.4, -0.2) is 12.3 Å². The van der Waals surface area contributed by atoms with Gasteiger partial charge in [0.1, 0.15) is 0 Å². The maximum atomic E-state index is 6.01. The Balaban J connectivity index is 1.64. The number of allylic oxidation sites excluding steroid dienone is 4. The van der Waals surface area contributed by atoms with Crippen molar-refractivity contribution < 1.29 is 4.74 Å². The van der Waals surface area contributed by atoms with Crippen LogP contribution in [0.3, 0.4) is 0 Å². The summed E-state index contributed by atoms with van der Waals surface area (Å²) in [6, 6.07) is 11.1. The molecule has 0 amide bonds. The fourth-order valence-electron chi connectivity index (χ4n) is 7.65. The molecule has 5 rings (SSSR count). The van der Waals surface area contributed by atoms with Crippen molar-refractivity contribution in [3.63, 3.8) is 0 Å². The molecular formula is C27H36N2O. The van der Waals surface area contributed by atoms with E-state index in [4.69, 9.17) is 10.6 Å². The van der Waals surface area contributed by atoms with Gasteiger partial charge in [0, 0.05) is 17.5 Å². The Labute approximate surface area is 181 Å². The standard InChI is InChI=1S/C27H36N2O/c1-4-30-19-12-14-26(2)23-13-15-27(3)22(10-11-25(27)29-28)21(23)17-20(24(26)16-19)18-8-6-5-7-9-18/h5-9,16,21-23H,4,10-15,17,28H2,1-3H3/b29-25-/t21-,22-,23-,26+,27-/m0/s1. The lowest BCUT2D eigenvalue weighted by Crippen LogP contribution is -2.50. The van der Waals surface area contributed by atoms with E-state index in [-0.39, 0.29) is 10.8 Å². The molecule has 1 aromatic carbocycles. The van der Waals surface area contributed by atoms with Crippen molar-refractivity contribution in [1.29, 1.82) is 0 Å². The van der Waals surface area contributed by atoms with Crippen LogP contribution in [0.4, 0.5) is 0 Å². The van der Waals surface area contributed by atoms with Crippen molar-refractivity contribution in [2.24, 2.45) is 39.5 Å². The van der Waals surface area contributed by atoms with E-state index < -0.39 is 0 Å². The molecule has 0 saturated heterocycles. The van der Waals surface area contributed by atoms with Gasteiger partial charge in [0.2, 0.25) is 0 Å². The third-order valence-corrected chi connectivity index (χ3v) is 9.18. The number of ether oxygens (including phenoxy) is 1. The first-order valence-electron chi connectivity index (χ1n) is 11.9. The van der Waals surface area contributed by atoms with Crippen LogP contribution in [0.2, 0.25) is 0 Å². The predicted molar refractivity (Wildman–Crippen MR) is 124 cm³/mol. The predicted octanol–water partition coefficient (Wildman–Crippen LogP) is 6.32. The molecule has 0 spiro atoms. The number of benzene rings is 1. The molecule has 2 fully saturated rings. The molecule has 0 radical (unpaired) electrons. The van der Waals surface area contributed by atoms with Gasteiger partial charge in [0.25, 0.3) is 0 Å². The molecule has 0 aliphatic heterocycles. The highest BCUT2D eigenvalue weighted by atomic mass is 16.5. The summed E-state index contributed by atoms with van der Waals surface area (Å²) in [6.45, 7) is 7.85. The first-order chi connectivity index (χ1) is 14.5.